The number of fused-ring (bicyclic) bond motifs is 2. The Bertz CT molecular complexity index is 1360. The number of nitrogens with zero attached hydrogens (tertiary/aromatic N) is 3. The SMILES string of the molecule is O=S(=O)(C1=CN=CC1)c1ccc2nccc(NC3=NCc4ccc(F)cc43)c2c1. The molecule has 8 heteroatoms. The lowest BCUT2D eigenvalue weighted by atomic mass is 10.1. The van der Waals surface area contributed by atoms with Crippen molar-refractivity contribution >= 4 is 38.5 Å². The number of aliphatic imine (C=N–C) groups is 2. The van der Waals surface area contributed by atoms with E-state index in [1.807, 2.05) is 0 Å². The molecule has 0 saturated heterocycles. The number of anilines is 1. The van der Waals surface area contributed by atoms with Gasteiger partial charge in [0.15, 0.2) is 0 Å². The maximum Gasteiger partial charge on any atom is 0.204 e. The number of sulfone groups is 1. The summed E-state index contributed by atoms with van der Waals surface area (Å²) in [6, 6.07) is 11.1. The fourth-order valence-electron chi connectivity index (χ4n) is 3.45. The van der Waals surface area contributed by atoms with Crippen molar-refractivity contribution in [2.45, 2.75) is 17.9 Å². The van der Waals surface area contributed by atoms with Crippen molar-refractivity contribution in [3.8, 4) is 0 Å². The number of nitrogens with one attached hydrogen (secondary N) is 1. The largest absolute Gasteiger partial charge is 0.339 e. The minimum absolute atomic E-state index is 0.178. The van der Waals surface area contributed by atoms with Crippen LogP contribution in [-0.2, 0) is 16.4 Å². The second kappa shape index (κ2) is 6.59. The average Bonchev–Trinajstić information content (AvgIpc) is 3.39. The van der Waals surface area contributed by atoms with Crippen molar-refractivity contribution in [3.05, 3.63) is 76.7 Å². The van der Waals surface area contributed by atoms with Gasteiger partial charge in [-0.25, -0.2) is 12.8 Å². The molecule has 144 valence electrons. The van der Waals surface area contributed by atoms with Crippen LogP contribution in [0.25, 0.3) is 10.9 Å². The number of hydrogen-bond donors (Lipinski definition) is 1. The van der Waals surface area contributed by atoms with Crippen LogP contribution in [-0.4, -0.2) is 25.5 Å². The first kappa shape index (κ1) is 17.7. The Labute approximate surface area is 166 Å². The summed E-state index contributed by atoms with van der Waals surface area (Å²) in [6.45, 7) is 0.467. The molecule has 1 N–H and O–H groups in total. The molecule has 3 heterocycles. The number of amidine groups is 1. The molecule has 0 unspecified atom stereocenters. The molecular weight excluding hydrogens is 391 g/mol. The van der Waals surface area contributed by atoms with Crippen molar-refractivity contribution in [1.29, 1.82) is 0 Å². The number of rotatable bonds is 3. The molecular formula is C21H15FN4O2S. The lowest BCUT2D eigenvalue weighted by Gasteiger charge is -2.12. The summed E-state index contributed by atoms with van der Waals surface area (Å²) < 4.78 is 39.4. The summed E-state index contributed by atoms with van der Waals surface area (Å²) in [4.78, 5) is 13.1. The van der Waals surface area contributed by atoms with Gasteiger partial charge in [0.25, 0.3) is 0 Å². The van der Waals surface area contributed by atoms with Crippen LogP contribution >= 0.6 is 0 Å². The molecule has 2 aliphatic heterocycles. The summed E-state index contributed by atoms with van der Waals surface area (Å²) >= 11 is 0. The average molecular weight is 406 g/mol. The van der Waals surface area contributed by atoms with E-state index < -0.39 is 9.84 Å². The molecule has 2 aromatic carbocycles. The first-order valence-electron chi connectivity index (χ1n) is 8.97. The predicted octanol–water partition coefficient (Wildman–Crippen LogP) is 3.84. The Morgan fingerprint density at radius 3 is 2.79 bits per heavy atom. The minimum atomic E-state index is -3.63. The van der Waals surface area contributed by atoms with Crippen LogP contribution in [0.2, 0.25) is 0 Å². The number of halogens is 1. The normalized spacial score (nSPS) is 15.3. The monoisotopic (exact) mass is 406 g/mol. The van der Waals surface area contributed by atoms with Crippen LogP contribution in [0.4, 0.5) is 10.1 Å². The summed E-state index contributed by atoms with van der Waals surface area (Å²) in [6.07, 6.45) is 4.86. The van der Waals surface area contributed by atoms with Crippen molar-refractivity contribution in [2.24, 2.45) is 9.98 Å². The fraction of sp³-hybridized carbons (Fsp3) is 0.0952. The molecule has 1 aromatic heterocycles. The number of pyridine rings is 1. The molecule has 0 atom stereocenters. The molecule has 2 aliphatic rings. The van der Waals surface area contributed by atoms with Crippen LogP contribution in [0, 0.1) is 5.82 Å². The van der Waals surface area contributed by atoms with Gasteiger partial charge in [0, 0.05) is 36.0 Å². The summed E-state index contributed by atoms with van der Waals surface area (Å²) in [5, 5.41) is 3.86. The lowest BCUT2D eigenvalue weighted by Crippen LogP contribution is -2.12. The van der Waals surface area contributed by atoms with E-state index in [0.29, 0.717) is 34.5 Å². The standard InChI is InChI=1S/C21H15FN4O2S/c22-14-2-1-13-11-25-21(17(13)9-14)26-20-6-8-24-19-4-3-15(10-18(19)20)29(27,28)16-5-7-23-12-16/h1-4,6-10,12H,5,11H2,(H,24,25,26). The van der Waals surface area contributed by atoms with Gasteiger partial charge in [-0.3, -0.25) is 15.0 Å². The molecule has 0 bridgehead atoms. The maximum absolute atomic E-state index is 13.7. The molecule has 0 saturated carbocycles. The molecule has 3 aromatic rings. The molecule has 0 spiro atoms. The zero-order valence-corrected chi connectivity index (χ0v) is 15.9. The van der Waals surface area contributed by atoms with Crippen LogP contribution in [0.1, 0.15) is 17.5 Å². The highest BCUT2D eigenvalue weighted by Gasteiger charge is 2.23. The van der Waals surface area contributed by atoms with Gasteiger partial charge in [-0.15, -0.1) is 0 Å². The predicted molar refractivity (Wildman–Crippen MR) is 110 cm³/mol. The zero-order chi connectivity index (χ0) is 20.0. The van der Waals surface area contributed by atoms with Crippen LogP contribution in [0.5, 0.6) is 0 Å². The van der Waals surface area contributed by atoms with Crippen LogP contribution < -0.4 is 5.32 Å². The Morgan fingerprint density at radius 1 is 1.07 bits per heavy atom. The van der Waals surface area contributed by atoms with E-state index in [1.54, 1.807) is 42.7 Å². The van der Waals surface area contributed by atoms with E-state index in [2.05, 4.69) is 20.3 Å². The number of benzene rings is 2. The first-order chi connectivity index (χ1) is 14.0. The van der Waals surface area contributed by atoms with Crippen LogP contribution in [0.3, 0.4) is 0 Å². The van der Waals surface area contributed by atoms with Crippen molar-refractivity contribution < 1.29 is 12.8 Å². The number of hydrogen-bond acceptors (Lipinski definition) is 6. The van der Waals surface area contributed by atoms with Gasteiger partial charge in [0.1, 0.15) is 11.7 Å². The lowest BCUT2D eigenvalue weighted by molar-refractivity contribution is 0.601. The molecule has 0 fully saturated rings. The number of allylic oxidation sites excluding steroid dienone is 1. The van der Waals surface area contributed by atoms with E-state index in [9.17, 15) is 12.8 Å². The molecule has 0 amide bonds. The molecule has 6 nitrogen and oxygen atoms in total. The topological polar surface area (TPSA) is 83.8 Å². The molecule has 0 radical (unpaired) electrons. The fourth-order valence-corrected chi connectivity index (χ4v) is 4.77. The van der Waals surface area contributed by atoms with Gasteiger partial charge in [0.05, 0.1) is 27.5 Å². The van der Waals surface area contributed by atoms with E-state index in [0.717, 1.165) is 5.56 Å². The first-order valence-corrected chi connectivity index (χ1v) is 10.5. The highest BCUT2D eigenvalue weighted by Crippen LogP contribution is 2.30. The molecule has 5 rings (SSSR count). The van der Waals surface area contributed by atoms with Gasteiger partial charge in [0.2, 0.25) is 9.84 Å². The summed E-state index contributed by atoms with van der Waals surface area (Å²) in [5.74, 6) is 0.215. The van der Waals surface area contributed by atoms with Gasteiger partial charge in [-0.05, 0) is 42.0 Å². The number of aromatic nitrogens is 1. The Hall–Kier alpha value is -3.39. The third kappa shape index (κ3) is 3.01. The van der Waals surface area contributed by atoms with Crippen molar-refractivity contribution in [3.63, 3.8) is 0 Å². The van der Waals surface area contributed by atoms with E-state index in [4.69, 9.17) is 0 Å². The Kier molecular flexibility index (Phi) is 4.02. The highest BCUT2D eigenvalue weighted by molar-refractivity contribution is 7.95. The van der Waals surface area contributed by atoms with Gasteiger partial charge in [-0.2, -0.15) is 0 Å². The summed E-state index contributed by atoms with van der Waals surface area (Å²) in [5.41, 5.74) is 2.93. The van der Waals surface area contributed by atoms with Crippen LogP contribution in [0.15, 0.2) is 74.6 Å². The second-order valence-electron chi connectivity index (χ2n) is 6.76. The minimum Gasteiger partial charge on any atom is -0.339 e. The quantitative estimate of drug-likeness (QED) is 0.716. The third-order valence-electron chi connectivity index (χ3n) is 4.97. The highest BCUT2D eigenvalue weighted by atomic mass is 32.2. The van der Waals surface area contributed by atoms with E-state index >= 15 is 0 Å². The third-order valence-corrected chi connectivity index (χ3v) is 6.81. The molecule has 29 heavy (non-hydrogen) atoms. The smallest absolute Gasteiger partial charge is 0.204 e. The van der Waals surface area contributed by atoms with Crippen molar-refractivity contribution in [1.82, 2.24) is 4.98 Å². The molecule has 0 aliphatic carbocycles. The van der Waals surface area contributed by atoms with Crippen molar-refractivity contribution in [2.75, 3.05) is 5.32 Å². The van der Waals surface area contributed by atoms with Gasteiger partial charge in [-0.1, -0.05) is 6.07 Å². The Balaban J connectivity index is 1.57. The summed E-state index contributed by atoms with van der Waals surface area (Å²) in [7, 11) is -3.63. The maximum atomic E-state index is 13.7. The van der Waals surface area contributed by atoms with E-state index in [1.165, 1.54) is 18.3 Å². The van der Waals surface area contributed by atoms with Gasteiger partial charge < -0.3 is 5.32 Å². The van der Waals surface area contributed by atoms with Gasteiger partial charge >= 0.3 is 0 Å². The zero-order valence-electron chi connectivity index (χ0n) is 15.1. The van der Waals surface area contributed by atoms with E-state index in [-0.39, 0.29) is 22.0 Å². The second-order valence-corrected chi connectivity index (χ2v) is 8.77. The Morgan fingerprint density at radius 2 is 1.97 bits per heavy atom.